The Hall–Kier alpha value is -3.72. The molecule has 0 aliphatic heterocycles. The van der Waals surface area contributed by atoms with E-state index >= 15 is 0 Å². The zero-order valence-electron chi connectivity index (χ0n) is 15.2. The monoisotopic (exact) mass is 464 g/mol. The van der Waals surface area contributed by atoms with E-state index in [0.717, 1.165) is 10.8 Å². The van der Waals surface area contributed by atoms with Gasteiger partial charge in [0.25, 0.3) is 5.69 Å². The van der Waals surface area contributed by atoms with E-state index in [1.165, 1.54) is 29.5 Å². The fourth-order valence-electron chi connectivity index (χ4n) is 2.58. The molecule has 0 radical (unpaired) electrons. The summed E-state index contributed by atoms with van der Waals surface area (Å²) in [6.45, 7) is 0. The highest BCUT2D eigenvalue weighted by Crippen LogP contribution is 2.37. The molecule has 0 bridgehead atoms. The average molecular weight is 464 g/mol. The van der Waals surface area contributed by atoms with Crippen LogP contribution < -0.4 is 11.4 Å². The van der Waals surface area contributed by atoms with Gasteiger partial charge in [-0.05, 0) is 12.1 Å². The minimum absolute atomic E-state index is 0.144. The van der Waals surface area contributed by atoms with Gasteiger partial charge in [-0.3, -0.25) is 19.2 Å². The van der Waals surface area contributed by atoms with Crippen LogP contribution in [0, 0.1) is 10.1 Å². The predicted octanol–water partition coefficient (Wildman–Crippen LogP) is 4.26. The molecule has 0 spiro atoms. The Bertz CT molecular complexity index is 1480. The third kappa shape index (κ3) is 5.26. The number of rotatable bonds is 3. The van der Waals surface area contributed by atoms with Gasteiger partial charge in [-0.1, -0.05) is 18.2 Å². The molecule has 2 aromatic heterocycles. The highest BCUT2D eigenvalue weighted by molar-refractivity contribution is 7.79. The SMILES string of the molecule is Nc1ccc([N+](=O)[O-])cc1N=Nc1scc2c1c(=O)oc1ccccc12.O=S(=O)(O)O. The molecular formula is C17H12N4O8S2. The Labute approximate surface area is 177 Å². The van der Waals surface area contributed by atoms with Crippen LogP contribution in [-0.2, 0) is 10.4 Å². The Kier molecular flexibility index (Phi) is 6.07. The van der Waals surface area contributed by atoms with Crippen LogP contribution in [-0.4, -0.2) is 22.4 Å². The first-order valence-corrected chi connectivity index (χ1v) is 10.4. The van der Waals surface area contributed by atoms with Crippen LogP contribution in [0.5, 0.6) is 0 Å². The minimum atomic E-state index is -4.67. The van der Waals surface area contributed by atoms with E-state index in [0.29, 0.717) is 16.0 Å². The van der Waals surface area contributed by atoms with Crippen LogP contribution in [0.1, 0.15) is 0 Å². The van der Waals surface area contributed by atoms with Crippen molar-refractivity contribution < 1.29 is 26.9 Å². The van der Waals surface area contributed by atoms with Crippen molar-refractivity contribution >= 4 is 65.5 Å². The van der Waals surface area contributed by atoms with Crippen molar-refractivity contribution in [2.75, 3.05) is 5.73 Å². The highest BCUT2D eigenvalue weighted by atomic mass is 32.3. The Morgan fingerprint density at radius 1 is 1.10 bits per heavy atom. The van der Waals surface area contributed by atoms with Crippen LogP contribution in [0.25, 0.3) is 21.7 Å². The molecule has 31 heavy (non-hydrogen) atoms. The maximum Gasteiger partial charge on any atom is 0.394 e. The van der Waals surface area contributed by atoms with E-state index in [2.05, 4.69) is 10.2 Å². The van der Waals surface area contributed by atoms with Gasteiger partial charge in [-0.25, -0.2) is 4.79 Å². The number of fused-ring (bicyclic) bond motifs is 3. The van der Waals surface area contributed by atoms with Crippen LogP contribution >= 0.6 is 11.3 Å². The number of hydrogen-bond donors (Lipinski definition) is 3. The zero-order chi connectivity index (χ0) is 22.8. The van der Waals surface area contributed by atoms with E-state index in [1.807, 2.05) is 12.1 Å². The average Bonchev–Trinajstić information content (AvgIpc) is 3.11. The number of non-ortho nitro benzene ring substituents is 1. The summed E-state index contributed by atoms with van der Waals surface area (Å²) in [5.41, 5.74) is 6.04. The van der Waals surface area contributed by atoms with Crippen LogP contribution in [0.2, 0.25) is 0 Å². The van der Waals surface area contributed by atoms with Crippen molar-refractivity contribution in [2.24, 2.45) is 10.2 Å². The second-order valence-electron chi connectivity index (χ2n) is 5.86. The normalized spacial score (nSPS) is 11.5. The van der Waals surface area contributed by atoms with Gasteiger partial charge in [-0.2, -0.15) is 8.42 Å². The fraction of sp³-hybridized carbons (Fsp3) is 0. The molecule has 14 heteroatoms. The van der Waals surface area contributed by atoms with Gasteiger partial charge in [-0.15, -0.1) is 21.6 Å². The second-order valence-corrected chi connectivity index (χ2v) is 7.62. The summed E-state index contributed by atoms with van der Waals surface area (Å²) in [4.78, 5) is 22.7. The van der Waals surface area contributed by atoms with Gasteiger partial charge in [0.2, 0.25) is 0 Å². The van der Waals surface area contributed by atoms with Crippen molar-refractivity contribution in [3.8, 4) is 0 Å². The van der Waals surface area contributed by atoms with Crippen molar-refractivity contribution in [1.82, 2.24) is 0 Å². The van der Waals surface area contributed by atoms with Crippen molar-refractivity contribution in [3.63, 3.8) is 0 Å². The number of anilines is 1. The molecule has 4 N–H and O–H groups in total. The number of nitrogen functional groups attached to an aromatic ring is 1. The molecular weight excluding hydrogens is 452 g/mol. The molecule has 2 heterocycles. The third-order valence-electron chi connectivity index (χ3n) is 3.83. The number of azo groups is 1. The number of nitro benzene ring substituents is 1. The smallest absolute Gasteiger partial charge is 0.394 e. The largest absolute Gasteiger partial charge is 0.422 e. The van der Waals surface area contributed by atoms with E-state index in [4.69, 9.17) is 27.7 Å². The van der Waals surface area contributed by atoms with Gasteiger partial charge in [0.15, 0.2) is 5.00 Å². The van der Waals surface area contributed by atoms with Gasteiger partial charge in [0, 0.05) is 28.3 Å². The van der Waals surface area contributed by atoms with Gasteiger partial charge in [0.1, 0.15) is 16.7 Å². The van der Waals surface area contributed by atoms with Gasteiger partial charge in [0.05, 0.1) is 10.6 Å². The predicted molar refractivity (Wildman–Crippen MR) is 114 cm³/mol. The standard InChI is InChI=1S/C17H10N4O4S.H2O4S/c18-12-6-5-9(21(23)24)7-13(12)19-20-16-15-11(8-26-16)10-3-1-2-4-14(10)25-17(15)22;1-5(2,3)4/h1-8H,18H2;(H2,1,2,3,4). The lowest BCUT2D eigenvalue weighted by Gasteiger charge is -1.99. The molecule has 0 saturated heterocycles. The Balaban J connectivity index is 0.000000491. The number of thiophene rings is 1. The molecule has 0 saturated carbocycles. The summed E-state index contributed by atoms with van der Waals surface area (Å²) in [6, 6.07) is 11.1. The van der Waals surface area contributed by atoms with E-state index in [-0.39, 0.29) is 17.1 Å². The lowest BCUT2D eigenvalue weighted by molar-refractivity contribution is -0.384. The zero-order valence-corrected chi connectivity index (χ0v) is 16.8. The summed E-state index contributed by atoms with van der Waals surface area (Å²) in [6.07, 6.45) is 0. The van der Waals surface area contributed by atoms with E-state index in [9.17, 15) is 14.9 Å². The lowest BCUT2D eigenvalue weighted by atomic mass is 10.1. The van der Waals surface area contributed by atoms with Gasteiger partial charge >= 0.3 is 16.0 Å². The van der Waals surface area contributed by atoms with E-state index in [1.54, 1.807) is 17.5 Å². The first-order chi connectivity index (χ1) is 14.5. The van der Waals surface area contributed by atoms with Crippen molar-refractivity contribution in [3.05, 3.63) is 68.4 Å². The van der Waals surface area contributed by atoms with Crippen LogP contribution in [0.15, 0.2) is 67.3 Å². The Morgan fingerprint density at radius 3 is 2.45 bits per heavy atom. The molecule has 0 aliphatic carbocycles. The molecule has 0 amide bonds. The van der Waals surface area contributed by atoms with Crippen molar-refractivity contribution in [1.29, 1.82) is 0 Å². The number of hydrogen-bond acceptors (Lipinski definition) is 10. The Morgan fingerprint density at radius 2 is 1.77 bits per heavy atom. The summed E-state index contributed by atoms with van der Waals surface area (Å²) < 4.78 is 36.9. The number of benzene rings is 2. The number of nitrogens with two attached hydrogens (primary N) is 1. The number of nitro groups is 1. The molecule has 160 valence electrons. The molecule has 2 aromatic carbocycles. The maximum atomic E-state index is 12.3. The lowest BCUT2D eigenvalue weighted by Crippen LogP contribution is -1.97. The quantitative estimate of drug-likeness (QED) is 0.0989. The van der Waals surface area contributed by atoms with Crippen LogP contribution in [0.3, 0.4) is 0 Å². The summed E-state index contributed by atoms with van der Waals surface area (Å²) in [5.74, 6) is 0. The maximum absolute atomic E-state index is 12.3. The van der Waals surface area contributed by atoms with E-state index < -0.39 is 20.9 Å². The summed E-state index contributed by atoms with van der Waals surface area (Å²) in [7, 11) is -4.67. The molecule has 0 unspecified atom stereocenters. The molecule has 0 aliphatic rings. The molecule has 4 rings (SSSR count). The molecule has 0 fully saturated rings. The third-order valence-corrected chi connectivity index (χ3v) is 4.69. The first-order valence-electron chi connectivity index (χ1n) is 8.13. The summed E-state index contributed by atoms with van der Waals surface area (Å²) in [5, 5.41) is 22.9. The number of para-hydroxylation sites is 1. The highest BCUT2D eigenvalue weighted by Gasteiger charge is 2.14. The molecule has 0 atom stereocenters. The van der Waals surface area contributed by atoms with Gasteiger partial charge < -0.3 is 10.2 Å². The summed E-state index contributed by atoms with van der Waals surface area (Å²) >= 11 is 1.23. The number of nitrogens with zero attached hydrogens (tertiary/aromatic N) is 3. The molecule has 4 aromatic rings. The van der Waals surface area contributed by atoms with Crippen molar-refractivity contribution in [2.45, 2.75) is 0 Å². The molecule has 12 nitrogen and oxygen atoms in total. The topological polar surface area (TPSA) is 199 Å². The second kappa shape index (κ2) is 8.57. The first kappa shape index (κ1) is 22.0. The minimum Gasteiger partial charge on any atom is -0.422 e. The fourth-order valence-corrected chi connectivity index (χ4v) is 3.45. The van der Waals surface area contributed by atoms with Crippen LogP contribution in [0.4, 0.5) is 22.1 Å².